The molecule has 0 aliphatic carbocycles. The van der Waals surface area contributed by atoms with Gasteiger partial charge in [0.15, 0.2) is 0 Å². The van der Waals surface area contributed by atoms with E-state index >= 15 is 0 Å². The molecule has 7 heteroatoms. The Morgan fingerprint density at radius 1 is 1.03 bits per heavy atom. The van der Waals surface area contributed by atoms with E-state index in [0.717, 1.165) is 49.7 Å². The molecular formula is C25H29N5O2. The highest BCUT2D eigenvalue weighted by molar-refractivity contribution is 5.61. The molecule has 1 saturated heterocycles. The van der Waals surface area contributed by atoms with Gasteiger partial charge in [0.05, 0.1) is 13.2 Å². The van der Waals surface area contributed by atoms with E-state index in [1.165, 1.54) is 11.1 Å². The topological polar surface area (TPSA) is 73.8 Å². The van der Waals surface area contributed by atoms with Gasteiger partial charge in [-0.3, -0.25) is 4.90 Å². The minimum Gasteiger partial charge on any atom is -0.497 e. The van der Waals surface area contributed by atoms with Crippen molar-refractivity contribution >= 4 is 17.3 Å². The number of aliphatic hydroxyl groups is 1. The van der Waals surface area contributed by atoms with Gasteiger partial charge in [-0.1, -0.05) is 30.3 Å². The summed E-state index contributed by atoms with van der Waals surface area (Å²) in [5.41, 5.74) is 3.73. The van der Waals surface area contributed by atoms with Crippen molar-refractivity contribution in [2.24, 2.45) is 0 Å². The number of fused-ring (bicyclic) bond motifs is 1. The molecule has 0 saturated carbocycles. The highest BCUT2D eigenvalue weighted by atomic mass is 16.5. The van der Waals surface area contributed by atoms with Crippen LogP contribution in [-0.2, 0) is 13.0 Å². The Kier molecular flexibility index (Phi) is 5.92. The molecule has 7 nitrogen and oxygen atoms in total. The third-order valence-electron chi connectivity index (χ3n) is 6.49. The van der Waals surface area contributed by atoms with E-state index in [4.69, 9.17) is 4.74 Å². The highest BCUT2D eigenvalue weighted by Crippen LogP contribution is 2.28. The zero-order valence-corrected chi connectivity index (χ0v) is 18.3. The van der Waals surface area contributed by atoms with Crippen LogP contribution in [0.4, 0.5) is 17.3 Å². The zero-order chi connectivity index (χ0) is 21.9. The van der Waals surface area contributed by atoms with Gasteiger partial charge in [-0.05, 0) is 36.1 Å². The largest absolute Gasteiger partial charge is 0.497 e. The fourth-order valence-electron chi connectivity index (χ4n) is 4.79. The number of piperidine rings is 1. The highest BCUT2D eigenvalue weighted by Gasteiger charge is 2.34. The first-order valence-corrected chi connectivity index (χ1v) is 11.2. The van der Waals surface area contributed by atoms with Gasteiger partial charge in [-0.15, -0.1) is 0 Å². The standard InChI is InChI=1S/C25H29N5O2/c1-32-21-8-4-7-20(13-21)28-24-14-25(27-17-26-24)30-12-10-22(23(31)16-30)29-11-9-18-5-2-3-6-19(18)15-29/h2-8,13-14,17,22-23,31H,9-12,15-16H2,1H3,(H,26,27,28)/t22-,23-/m1/s1. The van der Waals surface area contributed by atoms with Crippen LogP contribution < -0.4 is 15.0 Å². The number of aliphatic hydroxyl groups excluding tert-OH is 1. The Labute approximate surface area is 188 Å². The Hall–Kier alpha value is -3.16. The average Bonchev–Trinajstić information content (AvgIpc) is 2.84. The number of anilines is 3. The molecule has 32 heavy (non-hydrogen) atoms. The first-order valence-electron chi connectivity index (χ1n) is 11.2. The van der Waals surface area contributed by atoms with E-state index in [2.05, 4.69) is 49.4 Å². The summed E-state index contributed by atoms with van der Waals surface area (Å²) in [4.78, 5) is 13.4. The van der Waals surface area contributed by atoms with E-state index in [9.17, 15) is 5.11 Å². The van der Waals surface area contributed by atoms with Gasteiger partial charge in [-0.25, -0.2) is 9.97 Å². The molecule has 2 aliphatic rings. The number of methoxy groups -OCH3 is 1. The van der Waals surface area contributed by atoms with Crippen LogP contribution >= 0.6 is 0 Å². The van der Waals surface area contributed by atoms with E-state index in [0.29, 0.717) is 12.4 Å². The number of ether oxygens (including phenoxy) is 1. The van der Waals surface area contributed by atoms with Crippen LogP contribution in [-0.4, -0.2) is 58.9 Å². The number of nitrogens with one attached hydrogen (secondary N) is 1. The van der Waals surface area contributed by atoms with Crippen LogP contribution in [0.1, 0.15) is 17.5 Å². The maximum Gasteiger partial charge on any atom is 0.135 e. The number of aromatic nitrogens is 2. The van der Waals surface area contributed by atoms with Crippen molar-refractivity contribution in [3.05, 3.63) is 72.1 Å². The number of rotatable bonds is 5. The van der Waals surface area contributed by atoms with Crippen LogP contribution in [0.25, 0.3) is 0 Å². The fourth-order valence-corrected chi connectivity index (χ4v) is 4.79. The summed E-state index contributed by atoms with van der Waals surface area (Å²) in [6.45, 7) is 3.34. The number of hydrogen-bond acceptors (Lipinski definition) is 7. The summed E-state index contributed by atoms with van der Waals surface area (Å²) in [5.74, 6) is 2.33. The van der Waals surface area contributed by atoms with Crippen molar-refractivity contribution in [3.8, 4) is 5.75 Å². The molecule has 2 aromatic carbocycles. The maximum absolute atomic E-state index is 11.0. The van der Waals surface area contributed by atoms with Gasteiger partial charge in [0.25, 0.3) is 0 Å². The van der Waals surface area contributed by atoms with Crippen LogP contribution in [0.3, 0.4) is 0 Å². The summed E-state index contributed by atoms with van der Waals surface area (Å²) in [5, 5.41) is 14.3. The molecular weight excluding hydrogens is 402 g/mol. The van der Waals surface area contributed by atoms with Crippen LogP contribution in [0.5, 0.6) is 5.75 Å². The maximum atomic E-state index is 11.0. The second kappa shape index (κ2) is 9.14. The van der Waals surface area contributed by atoms with Crippen molar-refractivity contribution < 1.29 is 9.84 Å². The van der Waals surface area contributed by atoms with E-state index in [1.807, 2.05) is 30.3 Å². The van der Waals surface area contributed by atoms with Crippen molar-refractivity contribution in [3.63, 3.8) is 0 Å². The molecule has 5 rings (SSSR count). The number of benzene rings is 2. The second-order valence-electron chi connectivity index (χ2n) is 8.48. The summed E-state index contributed by atoms with van der Waals surface area (Å²) >= 11 is 0. The molecule has 1 aromatic heterocycles. The van der Waals surface area contributed by atoms with Gasteiger partial charge in [-0.2, -0.15) is 0 Å². The quantitative estimate of drug-likeness (QED) is 0.643. The smallest absolute Gasteiger partial charge is 0.135 e. The van der Waals surface area contributed by atoms with Gasteiger partial charge in [0.1, 0.15) is 23.7 Å². The molecule has 0 amide bonds. The normalized spacial score (nSPS) is 21.1. The predicted octanol–water partition coefficient (Wildman–Crippen LogP) is 3.23. The van der Waals surface area contributed by atoms with E-state index in [-0.39, 0.29) is 6.04 Å². The summed E-state index contributed by atoms with van der Waals surface area (Å²) in [7, 11) is 1.65. The van der Waals surface area contributed by atoms with Crippen molar-refractivity contribution in [1.29, 1.82) is 0 Å². The van der Waals surface area contributed by atoms with Gasteiger partial charge < -0.3 is 20.1 Å². The van der Waals surface area contributed by atoms with Crippen molar-refractivity contribution in [1.82, 2.24) is 14.9 Å². The van der Waals surface area contributed by atoms with E-state index in [1.54, 1.807) is 13.4 Å². The summed E-state index contributed by atoms with van der Waals surface area (Å²) in [6, 6.07) is 18.5. The molecule has 0 bridgehead atoms. The van der Waals surface area contributed by atoms with Crippen LogP contribution in [0.15, 0.2) is 60.9 Å². The Morgan fingerprint density at radius 2 is 1.91 bits per heavy atom. The number of hydrogen-bond donors (Lipinski definition) is 2. The summed E-state index contributed by atoms with van der Waals surface area (Å²) < 4.78 is 5.29. The third kappa shape index (κ3) is 4.40. The molecule has 2 N–H and O–H groups in total. The summed E-state index contributed by atoms with van der Waals surface area (Å²) in [6.07, 6.45) is 3.11. The fraction of sp³-hybridized carbons (Fsp3) is 0.360. The molecule has 0 unspecified atom stereocenters. The second-order valence-corrected chi connectivity index (χ2v) is 8.48. The molecule has 0 spiro atoms. The molecule has 0 radical (unpaired) electrons. The molecule has 3 aromatic rings. The third-order valence-corrected chi connectivity index (χ3v) is 6.49. The molecule has 2 aliphatic heterocycles. The van der Waals surface area contributed by atoms with E-state index < -0.39 is 6.10 Å². The lowest BCUT2D eigenvalue weighted by atomic mass is 9.94. The first kappa shape index (κ1) is 20.7. The van der Waals surface area contributed by atoms with Crippen LogP contribution in [0.2, 0.25) is 0 Å². The number of nitrogens with zero attached hydrogens (tertiary/aromatic N) is 4. The first-order chi connectivity index (χ1) is 15.7. The lowest BCUT2D eigenvalue weighted by Gasteiger charge is -2.43. The minimum absolute atomic E-state index is 0.177. The van der Waals surface area contributed by atoms with Gasteiger partial charge in [0, 0.05) is 50.0 Å². The predicted molar refractivity (Wildman–Crippen MR) is 125 cm³/mol. The van der Waals surface area contributed by atoms with Crippen molar-refractivity contribution in [2.75, 3.05) is 37.0 Å². The molecule has 2 atom stereocenters. The SMILES string of the molecule is COc1cccc(Nc2cc(N3CC[C@@H](N4CCc5ccccc5C4)[C@H](O)C3)ncn2)c1. The van der Waals surface area contributed by atoms with Crippen LogP contribution in [0, 0.1) is 0 Å². The molecule has 166 valence electrons. The Morgan fingerprint density at radius 3 is 2.75 bits per heavy atom. The molecule has 1 fully saturated rings. The van der Waals surface area contributed by atoms with Gasteiger partial charge >= 0.3 is 0 Å². The zero-order valence-electron chi connectivity index (χ0n) is 18.3. The molecule has 3 heterocycles. The lowest BCUT2D eigenvalue weighted by Crippen LogP contribution is -2.55. The number of β-amino-alcohol motifs (C(OH)–C–C–N with tert-alkyl or cyclic N) is 1. The van der Waals surface area contributed by atoms with Crippen molar-refractivity contribution in [2.45, 2.75) is 31.5 Å². The van der Waals surface area contributed by atoms with Gasteiger partial charge in [0.2, 0.25) is 0 Å². The lowest BCUT2D eigenvalue weighted by molar-refractivity contribution is 0.0293. The minimum atomic E-state index is -0.418. The monoisotopic (exact) mass is 431 g/mol. The Balaban J connectivity index is 1.24. The average molecular weight is 432 g/mol. The Bertz CT molecular complexity index is 1080.